The molecule has 0 bridgehead atoms. The summed E-state index contributed by atoms with van der Waals surface area (Å²) in [6.07, 6.45) is 4.59. The molecule has 0 aromatic heterocycles. The lowest BCUT2D eigenvalue weighted by Gasteiger charge is -2.41. The highest BCUT2D eigenvalue weighted by atomic mass is 79.9. The third-order valence-corrected chi connectivity index (χ3v) is 11.4. The fraction of sp³-hybridized carbons (Fsp3) is 0.559. The lowest BCUT2D eigenvalue weighted by Crippen LogP contribution is -2.58. The Kier molecular flexibility index (Phi) is 10.9. The number of para-hydroxylation sites is 1. The number of phenols is 1. The molecule has 6 rings (SSSR count). The normalized spacial score (nSPS) is 21.2. The number of hydrogen-bond acceptors (Lipinski definition) is 6. The van der Waals surface area contributed by atoms with E-state index in [-0.39, 0.29) is 29.8 Å². The number of likely N-dealkylation sites (N-methyl/N-ethyl adjacent to an activating group) is 1. The van der Waals surface area contributed by atoms with Crippen molar-refractivity contribution < 1.29 is 19.5 Å². The summed E-state index contributed by atoms with van der Waals surface area (Å²) in [5.74, 6) is 0.0134. The first-order valence-electron chi connectivity index (χ1n) is 16.8. The van der Waals surface area contributed by atoms with Crippen molar-refractivity contribution in [3.05, 3.63) is 56.5 Å². The lowest BCUT2D eigenvalue weighted by molar-refractivity contribution is -0.134. The number of benzene rings is 2. The number of amides is 5. The van der Waals surface area contributed by atoms with Gasteiger partial charge in [-0.2, -0.15) is 0 Å². The minimum atomic E-state index is -0.758. The molecule has 3 N–H and O–H groups in total. The van der Waals surface area contributed by atoms with Crippen LogP contribution in [0.15, 0.2) is 45.3 Å². The third-order valence-electron chi connectivity index (χ3n) is 10.2. The van der Waals surface area contributed by atoms with Gasteiger partial charge in [-0.25, -0.2) is 9.59 Å². The molecule has 13 heteroatoms. The zero-order valence-corrected chi connectivity index (χ0v) is 30.1. The Bertz CT molecular complexity index is 1440. The van der Waals surface area contributed by atoms with Gasteiger partial charge in [0.1, 0.15) is 11.8 Å². The number of phenolic OH excluding ortho intramolecular Hbond substituents is 1. The molecular formula is C34H45Br2N7O4. The first-order chi connectivity index (χ1) is 22.7. The summed E-state index contributed by atoms with van der Waals surface area (Å²) in [6.45, 7) is 7.16. The molecule has 3 fully saturated rings. The van der Waals surface area contributed by atoms with Crippen LogP contribution < -0.4 is 15.5 Å². The van der Waals surface area contributed by atoms with Crippen LogP contribution in [0.4, 0.5) is 15.3 Å². The molecule has 0 spiro atoms. The molecule has 254 valence electrons. The molecule has 3 saturated heterocycles. The number of carbonyl (C=O) groups excluding carboxylic acids is 3. The van der Waals surface area contributed by atoms with E-state index in [1.807, 2.05) is 34.1 Å². The smallest absolute Gasteiger partial charge is 0.322 e. The van der Waals surface area contributed by atoms with Crippen molar-refractivity contribution in [2.75, 3.05) is 64.3 Å². The number of carbonyl (C=O) groups is 3. The van der Waals surface area contributed by atoms with E-state index in [4.69, 9.17) is 0 Å². The molecule has 4 heterocycles. The zero-order valence-electron chi connectivity index (χ0n) is 27.0. The summed E-state index contributed by atoms with van der Waals surface area (Å²) in [7, 11) is 2.18. The van der Waals surface area contributed by atoms with Crippen molar-refractivity contribution >= 4 is 55.5 Å². The number of likely N-dealkylation sites (tertiary alicyclic amines) is 2. The first kappa shape index (κ1) is 34.0. The fourth-order valence-corrected chi connectivity index (χ4v) is 8.75. The van der Waals surface area contributed by atoms with Gasteiger partial charge in [0.25, 0.3) is 0 Å². The van der Waals surface area contributed by atoms with E-state index in [9.17, 15) is 19.5 Å². The molecule has 0 aliphatic carbocycles. The van der Waals surface area contributed by atoms with Crippen LogP contribution in [-0.4, -0.2) is 120 Å². The van der Waals surface area contributed by atoms with Crippen LogP contribution in [0.3, 0.4) is 0 Å². The van der Waals surface area contributed by atoms with Crippen LogP contribution >= 0.6 is 31.9 Å². The van der Waals surface area contributed by atoms with Crippen LogP contribution in [0, 0.1) is 0 Å². The van der Waals surface area contributed by atoms with Gasteiger partial charge >= 0.3 is 12.1 Å². The van der Waals surface area contributed by atoms with E-state index >= 15 is 0 Å². The highest BCUT2D eigenvalue weighted by molar-refractivity contribution is 9.11. The van der Waals surface area contributed by atoms with Crippen LogP contribution in [-0.2, 0) is 17.8 Å². The summed E-state index contributed by atoms with van der Waals surface area (Å²) in [6, 6.07) is 10.9. The number of nitrogens with zero attached hydrogens (tertiary/aromatic N) is 5. The van der Waals surface area contributed by atoms with Gasteiger partial charge in [-0.05, 0) is 113 Å². The Morgan fingerprint density at radius 3 is 2.30 bits per heavy atom. The number of halogens is 2. The minimum Gasteiger partial charge on any atom is -0.506 e. The molecule has 0 unspecified atom stereocenters. The molecule has 0 saturated carbocycles. The maximum atomic E-state index is 14.1. The number of anilines is 1. The predicted molar refractivity (Wildman–Crippen MR) is 189 cm³/mol. The van der Waals surface area contributed by atoms with Gasteiger partial charge < -0.3 is 30.4 Å². The summed E-state index contributed by atoms with van der Waals surface area (Å²) in [5, 5.41) is 16.3. The molecule has 2 aromatic carbocycles. The van der Waals surface area contributed by atoms with Crippen LogP contribution in [0.2, 0.25) is 0 Å². The van der Waals surface area contributed by atoms with Gasteiger partial charge in [0.05, 0.1) is 14.6 Å². The second-order valence-corrected chi connectivity index (χ2v) is 14.9. The van der Waals surface area contributed by atoms with Crippen molar-refractivity contribution in [2.45, 2.75) is 63.2 Å². The predicted octanol–water partition coefficient (Wildman–Crippen LogP) is 4.36. The fourth-order valence-electron chi connectivity index (χ4n) is 7.47. The molecular weight excluding hydrogens is 730 g/mol. The Morgan fingerprint density at radius 2 is 1.57 bits per heavy atom. The van der Waals surface area contributed by atoms with E-state index in [1.165, 1.54) is 0 Å². The van der Waals surface area contributed by atoms with E-state index in [2.05, 4.69) is 59.3 Å². The van der Waals surface area contributed by atoms with Gasteiger partial charge in [-0.1, -0.05) is 18.2 Å². The van der Waals surface area contributed by atoms with Crippen molar-refractivity contribution in [1.82, 2.24) is 30.2 Å². The van der Waals surface area contributed by atoms with Crippen molar-refractivity contribution in [3.8, 4) is 5.75 Å². The van der Waals surface area contributed by atoms with Crippen LogP contribution in [0.25, 0.3) is 0 Å². The lowest BCUT2D eigenvalue weighted by atomic mass is 9.99. The number of hydrogen-bond donors (Lipinski definition) is 3. The van der Waals surface area contributed by atoms with E-state index < -0.39 is 6.04 Å². The number of rotatable bonds is 6. The molecule has 11 nitrogen and oxygen atoms in total. The van der Waals surface area contributed by atoms with Crippen molar-refractivity contribution in [2.24, 2.45) is 0 Å². The van der Waals surface area contributed by atoms with E-state index in [0.717, 1.165) is 62.3 Å². The molecule has 2 aromatic rings. The van der Waals surface area contributed by atoms with Gasteiger partial charge in [0.15, 0.2) is 0 Å². The highest BCUT2D eigenvalue weighted by Crippen LogP contribution is 2.34. The Hall–Kier alpha value is -2.87. The van der Waals surface area contributed by atoms with Gasteiger partial charge in [-0.15, -0.1) is 0 Å². The topological polar surface area (TPSA) is 112 Å². The molecule has 5 amide bonds. The number of piperidine rings is 2. The monoisotopic (exact) mass is 773 g/mol. The summed E-state index contributed by atoms with van der Waals surface area (Å²) >= 11 is 6.82. The zero-order chi connectivity index (χ0) is 33.1. The summed E-state index contributed by atoms with van der Waals surface area (Å²) in [5.41, 5.74) is 2.84. The van der Waals surface area contributed by atoms with Crippen LogP contribution in [0.1, 0.15) is 43.2 Å². The summed E-state index contributed by atoms with van der Waals surface area (Å²) in [4.78, 5) is 51.2. The highest BCUT2D eigenvalue weighted by Gasteiger charge is 2.36. The maximum Gasteiger partial charge on any atom is 0.322 e. The second kappa shape index (κ2) is 15.1. The molecule has 0 radical (unpaired) electrons. The van der Waals surface area contributed by atoms with Gasteiger partial charge in [-0.3, -0.25) is 14.6 Å². The van der Waals surface area contributed by atoms with Crippen molar-refractivity contribution in [3.63, 3.8) is 0 Å². The largest absolute Gasteiger partial charge is 0.506 e. The Labute approximate surface area is 293 Å². The van der Waals surface area contributed by atoms with Gasteiger partial charge in [0.2, 0.25) is 5.91 Å². The SMILES string of the molecule is CN1CCCN(C2CCN(C(=O)[C@@H](Cc3cc(Br)c(O)c(Br)c3)NC(=O)N3CCC(N4C(=O)NCc5ccccc54)CC3)CC2)CC1. The van der Waals surface area contributed by atoms with Gasteiger partial charge in [0, 0.05) is 64.3 Å². The number of aromatic hydroxyl groups is 1. The maximum absolute atomic E-state index is 14.1. The summed E-state index contributed by atoms with van der Waals surface area (Å²) < 4.78 is 1.04. The molecule has 4 aliphatic rings. The Balaban J connectivity index is 1.11. The quantitative estimate of drug-likeness (QED) is 0.403. The Morgan fingerprint density at radius 1 is 0.915 bits per heavy atom. The molecule has 47 heavy (non-hydrogen) atoms. The average molecular weight is 776 g/mol. The van der Waals surface area contributed by atoms with E-state index in [1.54, 1.807) is 17.0 Å². The molecule has 4 aliphatic heterocycles. The van der Waals surface area contributed by atoms with E-state index in [0.29, 0.717) is 67.0 Å². The molecule has 1 atom stereocenters. The number of fused-ring (bicyclic) bond motifs is 1. The first-order valence-corrected chi connectivity index (χ1v) is 18.3. The third kappa shape index (κ3) is 7.90. The minimum absolute atomic E-state index is 0.0180. The second-order valence-electron chi connectivity index (χ2n) is 13.2. The van der Waals surface area contributed by atoms with Crippen LogP contribution in [0.5, 0.6) is 5.75 Å². The van der Waals surface area contributed by atoms with Crippen molar-refractivity contribution in [1.29, 1.82) is 0 Å². The number of urea groups is 2. The number of nitrogens with one attached hydrogen (secondary N) is 2. The standard InChI is InChI=1S/C34H45Br2N7O4/c1-39-11-4-12-40(18-17-39)25-7-13-41(14-8-25)32(45)29(21-23-19-27(35)31(44)28(36)20-23)38-34(47)42-15-9-26(10-16-42)43-30-6-3-2-5-24(30)22-37-33(43)46/h2-3,5-6,19-20,25-26,29,44H,4,7-18,21-22H2,1H3,(H,37,46)(H,38,47)/t29-/m1/s1. The average Bonchev–Trinajstić information content (AvgIpc) is 3.31.